The molecule has 0 aliphatic heterocycles. The Morgan fingerprint density at radius 3 is 2.25 bits per heavy atom. The van der Waals surface area contributed by atoms with Crippen molar-refractivity contribution in [1.82, 2.24) is 0 Å². The van der Waals surface area contributed by atoms with Gasteiger partial charge >= 0.3 is 0 Å². The van der Waals surface area contributed by atoms with Gasteiger partial charge in [0.05, 0.1) is 5.69 Å². The summed E-state index contributed by atoms with van der Waals surface area (Å²) in [5.41, 5.74) is 11.4. The number of anilines is 2. The molecule has 0 radical (unpaired) electrons. The largest absolute Gasteiger partial charge is 0.487 e. The number of hydrogen-bond acceptors (Lipinski definition) is 3. The molecule has 3 heteroatoms. The molecular formula is C17H22N2O. The Morgan fingerprint density at radius 1 is 1.00 bits per heavy atom. The Balaban J connectivity index is 2.16. The van der Waals surface area contributed by atoms with E-state index in [-0.39, 0.29) is 0 Å². The first-order valence-corrected chi connectivity index (χ1v) is 6.72. The van der Waals surface area contributed by atoms with Gasteiger partial charge < -0.3 is 15.4 Å². The summed E-state index contributed by atoms with van der Waals surface area (Å²) in [5.74, 6) is 0.732. The molecule has 0 aliphatic carbocycles. The van der Waals surface area contributed by atoms with Gasteiger partial charge in [0.1, 0.15) is 12.4 Å². The van der Waals surface area contributed by atoms with Crippen LogP contribution in [0.2, 0.25) is 0 Å². The molecule has 0 saturated heterocycles. The highest BCUT2D eigenvalue weighted by Crippen LogP contribution is 2.27. The summed E-state index contributed by atoms with van der Waals surface area (Å²) in [7, 11) is 4.00. The number of ether oxygens (including phenoxy) is 1. The highest BCUT2D eigenvalue weighted by Gasteiger charge is 2.05. The number of nitrogens with zero attached hydrogens (tertiary/aromatic N) is 1. The molecule has 20 heavy (non-hydrogen) atoms. The van der Waals surface area contributed by atoms with Crippen molar-refractivity contribution in [1.29, 1.82) is 0 Å². The van der Waals surface area contributed by atoms with Crippen molar-refractivity contribution in [3.63, 3.8) is 0 Å². The Morgan fingerprint density at radius 2 is 1.65 bits per heavy atom. The van der Waals surface area contributed by atoms with E-state index in [1.807, 2.05) is 37.2 Å². The van der Waals surface area contributed by atoms with Gasteiger partial charge in [-0.2, -0.15) is 0 Å². The zero-order chi connectivity index (χ0) is 14.7. The summed E-state index contributed by atoms with van der Waals surface area (Å²) >= 11 is 0. The van der Waals surface area contributed by atoms with Gasteiger partial charge in [-0.25, -0.2) is 0 Å². The molecule has 2 rings (SSSR count). The smallest absolute Gasteiger partial charge is 0.144 e. The monoisotopic (exact) mass is 270 g/mol. The number of nitrogen functional groups attached to an aromatic ring is 1. The van der Waals surface area contributed by atoms with Crippen LogP contribution in [0.15, 0.2) is 36.4 Å². The van der Waals surface area contributed by atoms with Crippen molar-refractivity contribution in [3.8, 4) is 5.75 Å². The van der Waals surface area contributed by atoms with Crippen molar-refractivity contribution >= 4 is 11.4 Å². The van der Waals surface area contributed by atoms with E-state index in [4.69, 9.17) is 10.5 Å². The summed E-state index contributed by atoms with van der Waals surface area (Å²) in [6, 6.07) is 12.3. The summed E-state index contributed by atoms with van der Waals surface area (Å²) < 4.78 is 5.87. The highest BCUT2D eigenvalue weighted by atomic mass is 16.5. The number of rotatable bonds is 4. The minimum atomic E-state index is 0.531. The van der Waals surface area contributed by atoms with E-state index in [1.54, 1.807) is 0 Å². The molecule has 0 saturated carbocycles. The summed E-state index contributed by atoms with van der Waals surface area (Å²) in [5, 5.41) is 0. The van der Waals surface area contributed by atoms with Gasteiger partial charge in [0.15, 0.2) is 0 Å². The molecule has 2 N–H and O–H groups in total. The highest BCUT2D eigenvalue weighted by molar-refractivity contribution is 5.61. The molecule has 0 bridgehead atoms. The predicted octanol–water partition coefficient (Wildman–Crippen LogP) is 3.53. The Hall–Kier alpha value is -2.16. The minimum Gasteiger partial charge on any atom is -0.487 e. The molecule has 0 fully saturated rings. The van der Waals surface area contributed by atoms with E-state index in [2.05, 4.69) is 32.0 Å². The lowest BCUT2D eigenvalue weighted by Gasteiger charge is -2.16. The third kappa shape index (κ3) is 3.44. The SMILES string of the molecule is Cc1cc(C)cc(COc2cc(N(C)C)ccc2N)c1. The van der Waals surface area contributed by atoms with Crippen LogP contribution in [-0.4, -0.2) is 14.1 Å². The molecule has 0 aromatic heterocycles. The molecule has 0 aliphatic rings. The first-order valence-electron chi connectivity index (χ1n) is 6.72. The third-order valence-corrected chi connectivity index (χ3v) is 3.19. The second kappa shape index (κ2) is 5.87. The lowest BCUT2D eigenvalue weighted by molar-refractivity contribution is 0.308. The fourth-order valence-corrected chi connectivity index (χ4v) is 2.24. The van der Waals surface area contributed by atoms with Crippen LogP contribution in [-0.2, 0) is 6.61 Å². The Labute approximate surface area is 121 Å². The van der Waals surface area contributed by atoms with Crippen molar-refractivity contribution in [3.05, 3.63) is 53.1 Å². The van der Waals surface area contributed by atoms with Gasteiger partial charge in [-0.1, -0.05) is 29.3 Å². The first kappa shape index (κ1) is 14.3. The molecule has 2 aromatic carbocycles. The molecule has 0 amide bonds. The minimum absolute atomic E-state index is 0.531. The van der Waals surface area contributed by atoms with Crippen LogP contribution < -0.4 is 15.4 Å². The number of benzene rings is 2. The van der Waals surface area contributed by atoms with Crippen molar-refractivity contribution in [2.75, 3.05) is 24.7 Å². The average Bonchev–Trinajstić information content (AvgIpc) is 2.36. The second-order valence-electron chi connectivity index (χ2n) is 5.40. The summed E-state index contributed by atoms with van der Waals surface area (Å²) in [4.78, 5) is 2.03. The normalized spacial score (nSPS) is 10.4. The third-order valence-electron chi connectivity index (χ3n) is 3.19. The first-order chi connectivity index (χ1) is 9.45. The maximum Gasteiger partial charge on any atom is 0.144 e. The lowest BCUT2D eigenvalue weighted by Crippen LogP contribution is -2.09. The zero-order valence-corrected chi connectivity index (χ0v) is 12.6. The molecule has 3 nitrogen and oxygen atoms in total. The summed E-state index contributed by atoms with van der Waals surface area (Å²) in [6.07, 6.45) is 0. The van der Waals surface area contributed by atoms with E-state index in [0.29, 0.717) is 12.3 Å². The fourth-order valence-electron chi connectivity index (χ4n) is 2.24. The lowest BCUT2D eigenvalue weighted by atomic mass is 10.1. The predicted molar refractivity (Wildman–Crippen MR) is 85.4 cm³/mol. The average molecular weight is 270 g/mol. The Kier molecular flexibility index (Phi) is 4.18. The number of hydrogen-bond donors (Lipinski definition) is 1. The molecular weight excluding hydrogens is 248 g/mol. The summed E-state index contributed by atoms with van der Waals surface area (Å²) in [6.45, 7) is 4.72. The second-order valence-corrected chi connectivity index (χ2v) is 5.40. The van der Waals surface area contributed by atoms with Gasteiger partial charge in [-0.3, -0.25) is 0 Å². The van der Waals surface area contributed by atoms with Gasteiger partial charge in [-0.05, 0) is 31.5 Å². The van der Waals surface area contributed by atoms with Crippen LogP contribution >= 0.6 is 0 Å². The Bertz CT molecular complexity index is 586. The van der Waals surface area contributed by atoms with Crippen LogP contribution in [0.25, 0.3) is 0 Å². The number of nitrogens with two attached hydrogens (primary N) is 1. The van der Waals surface area contributed by atoms with Crippen molar-refractivity contribution in [2.24, 2.45) is 0 Å². The van der Waals surface area contributed by atoms with Gasteiger partial charge in [0, 0.05) is 25.8 Å². The molecule has 106 valence electrons. The molecule has 2 aromatic rings. The van der Waals surface area contributed by atoms with Crippen LogP contribution in [0.3, 0.4) is 0 Å². The van der Waals surface area contributed by atoms with Crippen LogP contribution in [0.5, 0.6) is 5.75 Å². The van der Waals surface area contributed by atoms with E-state index >= 15 is 0 Å². The fraction of sp³-hybridized carbons (Fsp3) is 0.294. The maximum atomic E-state index is 5.97. The van der Waals surface area contributed by atoms with Gasteiger partial charge in [0.2, 0.25) is 0 Å². The molecule has 0 unspecified atom stereocenters. The quantitative estimate of drug-likeness (QED) is 0.864. The van der Waals surface area contributed by atoms with Crippen molar-refractivity contribution < 1.29 is 4.74 Å². The van der Waals surface area contributed by atoms with E-state index in [1.165, 1.54) is 11.1 Å². The molecule has 0 heterocycles. The molecule has 0 spiro atoms. The zero-order valence-electron chi connectivity index (χ0n) is 12.6. The van der Waals surface area contributed by atoms with Crippen LogP contribution in [0.1, 0.15) is 16.7 Å². The maximum absolute atomic E-state index is 5.97. The van der Waals surface area contributed by atoms with E-state index < -0.39 is 0 Å². The van der Waals surface area contributed by atoms with Gasteiger partial charge in [0.25, 0.3) is 0 Å². The topological polar surface area (TPSA) is 38.5 Å². The van der Waals surface area contributed by atoms with Crippen LogP contribution in [0, 0.1) is 13.8 Å². The van der Waals surface area contributed by atoms with Crippen molar-refractivity contribution in [2.45, 2.75) is 20.5 Å². The van der Waals surface area contributed by atoms with E-state index in [9.17, 15) is 0 Å². The van der Waals surface area contributed by atoms with Gasteiger partial charge in [-0.15, -0.1) is 0 Å². The molecule has 0 atom stereocenters. The standard InChI is InChI=1S/C17H22N2O/c1-12-7-13(2)9-14(8-12)11-20-17-10-15(19(3)4)5-6-16(17)18/h5-10H,11,18H2,1-4H3. The van der Waals surface area contributed by atoms with Crippen LogP contribution in [0.4, 0.5) is 11.4 Å². The van der Waals surface area contributed by atoms with E-state index in [0.717, 1.165) is 17.0 Å². The number of aryl methyl sites for hydroxylation is 2.